The average molecular weight is 348 g/mol. The van der Waals surface area contributed by atoms with E-state index in [2.05, 4.69) is 50.1 Å². The molecule has 0 saturated carbocycles. The van der Waals surface area contributed by atoms with Gasteiger partial charge in [0.25, 0.3) is 0 Å². The lowest BCUT2D eigenvalue weighted by molar-refractivity contribution is 1.18. The molecule has 0 amide bonds. The fourth-order valence-corrected chi connectivity index (χ4v) is 2.73. The molecule has 2 rings (SSSR count). The van der Waals surface area contributed by atoms with Gasteiger partial charge in [-0.15, -0.1) is 0 Å². The summed E-state index contributed by atoms with van der Waals surface area (Å²) in [6, 6.07) is 10.3. The quantitative estimate of drug-likeness (QED) is 0.655. The van der Waals surface area contributed by atoms with Gasteiger partial charge in [-0.25, -0.2) is 0 Å². The Hall–Kier alpha value is -0.0500. The van der Waals surface area contributed by atoms with E-state index >= 15 is 0 Å². The van der Waals surface area contributed by atoms with Crippen molar-refractivity contribution in [3.8, 4) is 0 Å². The molecule has 0 spiro atoms. The van der Waals surface area contributed by atoms with Crippen LogP contribution in [0.3, 0.4) is 0 Å². The third-order valence-corrected chi connectivity index (χ3v) is 3.78. The number of benzene rings is 2. The molecule has 0 radical (unpaired) electrons. The molecule has 0 heterocycles. The van der Waals surface area contributed by atoms with Gasteiger partial charge in [0.1, 0.15) is 0 Å². The molecule has 0 unspecified atom stereocenters. The molecule has 0 atom stereocenters. The highest BCUT2D eigenvalue weighted by Crippen LogP contribution is 2.30. The van der Waals surface area contributed by atoms with Crippen LogP contribution in [0.15, 0.2) is 34.8 Å². The maximum Gasteiger partial charge on any atom is 0.0485 e. The molecule has 0 aliphatic rings. The van der Waals surface area contributed by atoms with Gasteiger partial charge in [0.05, 0.1) is 0 Å². The van der Waals surface area contributed by atoms with Gasteiger partial charge in [0, 0.05) is 20.2 Å². The molecule has 0 nitrogen and oxygen atoms in total. The van der Waals surface area contributed by atoms with E-state index in [1.807, 2.05) is 12.1 Å². The molecule has 0 N–H and O–H groups in total. The van der Waals surface area contributed by atoms with Gasteiger partial charge in [-0.05, 0) is 35.6 Å². The van der Waals surface area contributed by atoms with Crippen molar-refractivity contribution >= 4 is 54.2 Å². The smallest absolute Gasteiger partial charge is 0.0485 e. The van der Waals surface area contributed by atoms with Crippen LogP contribution in [0.2, 0.25) is 5.02 Å². The molecule has 78 valence electrons. The van der Waals surface area contributed by atoms with Crippen molar-refractivity contribution in [2.45, 2.75) is 6.42 Å². The van der Waals surface area contributed by atoms with Crippen LogP contribution < -0.4 is 0 Å². The van der Waals surface area contributed by atoms with E-state index in [0.29, 0.717) is 0 Å². The summed E-state index contributed by atoms with van der Waals surface area (Å²) in [5.41, 5.74) is 1.32. The van der Waals surface area contributed by atoms with Crippen LogP contribution in [0.25, 0.3) is 10.8 Å². The number of hydrogen-bond acceptors (Lipinski definition) is 0. The van der Waals surface area contributed by atoms with Crippen molar-refractivity contribution in [3.05, 3.63) is 45.4 Å². The lowest BCUT2D eigenvalue weighted by Crippen LogP contribution is -1.86. The van der Waals surface area contributed by atoms with Gasteiger partial charge >= 0.3 is 0 Å². The Balaban J connectivity index is 2.65. The maximum atomic E-state index is 6.13. The zero-order chi connectivity index (χ0) is 10.8. The van der Waals surface area contributed by atoms with E-state index in [1.165, 1.54) is 10.9 Å². The Morgan fingerprint density at radius 1 is 1.07 bits per heavy atom. The van der Waals surface area contributed by atoms with E-state index in [1.54, 1.807) is 0 Å². The van der Waals surface area contributed by atoms with Gasteiger partial charge in [-0.3, -0.25) is 0 Å². The highest BCUT2D eigenvalue weighted by molar-refractivity contribution is 9.10. The van der Waals surface area contributed by atoms with Crippen LogP contribution in [0.1, 0.15) is 5.56 Å². The van der Waals surface area contributed by atoms with Crippen molar-refractivity contribution in [1.29, 1.82) is 0 Å². The Morgan fingerprint density at radius 3 is 2.60 bits per heavy atom. The zero-order valence-electron chi connectivity index (χ0n) is 7.93. The average Bonchev–Trinajstić information content (AvgIpc) is 2.24. The second-order valence-electron chi connectivity index (χ2n) is 3.35. The number of halogens is 3. The number of alkyl halides is 1. The predicted molar refractivity (Wildman–Crippen MR) is 74.2 cm³/mol. The third kappa shape index (κ3) is 2.38. The Labute approximate surface area is 111 Å². The third-order valence-electron chi connectivity index (χ3n) is 2.36. The van der Waals surface area contributed by atoms with Gasteiger partial charge in [0.2, 0.25) is 0 Å². The predicted octanol–water partition coefficient (Wildman–Crippen LogP) is 5.19. The van der Waals surface area contributed by atoms with Gasteiger partial charge in [0.15, 0.2) is 0 Å². The van der Waals surface area contributed by atoms with Crippen LogP contribution in [-0.4, -0.2) is 5.33 Å². The van der Waals surface area contributed by atoms with Gasteiger partial charge < -0.3 is 0 Å². The second-order valence-corrected chi connectivity index (χ2v) is 5.40. The van der Waals surface area contributed by atoms with Crippen LogP contribution in [0.4, 0.5) is 0 Å². The summed E-state index contributed by atoms with van der Waals surface area (Å²) in [4.78, 5) is 0. The number of hydrogen-bond donors (Lipinski definition) is 0. The fraction of sp³-hybridized carbons (Fsp3) is 0.167. The van der Waals surface area contributed by atoms with Crippen molar-refractivity contribution < 1.29 is 0 Å². The van der Waals surface area contributed by atoms with Crippen molar-refractivity contribution in [2.24, 2.45) is 0 Å². The normalized spacial score (nSPS) is 10.9. The molecule has 0 aromatic heterocycles. The summed E-state index contributed by atoms with van der Waals surface area (Å²) < 4.78 is 1.10. The number of fused-ring (bicyclic) bond motifs is 1. The Bertz CT molecular complexity index is 494. The Kier molecular flexibility index (Phi) is 3.70. The first-order chi connectivity index (χ1) is 7.22. The molecule has 0 aliphatic heterocycles. The highest BCUT2D eigenvalue weighted by Gasteiger charge is 2.03. The molecule has 2 aromatic carbocycles. The fourth-order valence-electron chi connectivity index (χ4n) is 1.59. The first-order valence-electron chi connectivity index (χ1n) is 4.65. The molecule has 0 bridgehead atoms. The molecule has 0 saturated heterocycles. The largest absolute Gasteiger partial charge is 0.0924 e. The summed E-state index contributed by atoms with van der Waals surface area (Å²) in [5.74, 6) is 0. The molecule has 3 heteroatoms. The van der Waals surface area contributed by atoms with E-state index in [0.717, 1.165) is 26.6 Å². The molecule has 2 aromatic rings. The van der Waals surface area contributed by atoms with Crippen molar-refractivity contribution in [3.63, 3.8) is 0 Å². The Morgan fingerprint density at radius 2 is 1.87 bits per heavy atom. The van der Waals surface area contributed by atoms with E-state index in [-0.39, 0.29) is 0 Å². The highest BCUT2D eigenvalue weighted by atomic mass is 79.9. The van der Waals surface area contributed by atoms with Crippen LogP contribution in [0.5, 0.6) is 0 Å². The van der Waals surface area contributed by atoms with E-state index in [9.17, 15) is 0 Å². The molecule has 0 fully saturated rings. The monoisotopic (exact) mass is 346 g/mol. The minimum Gasteiger partial charge on any atom is -0.0924 e. The summed E-state index contributed by atoms with van der Waals surface area (Å²) in [5, 5.41) is 4.07. The van der Waals surface area contributed by atoms with Crippen LogP contribution in [0, 0.1) is 0 Å². The number of aryl methyl sites for hydroxylation is 1. The summed E-state index contributed by atoms with van der Waals surface area (Å²) in [6.07, 6.45) is 1.04. The van der Waals surface area contributed by atoms with Crippen molar-refractivity contribution in [1.82, 2.24) is 0 Å². The summed E-state index contributed by atoms with van der Waals surface area (Å²) >= 11 is 13.1. The lowest BCUT2D eigenvalue weighted by Gasteiger charge is -2.05. The van der Waals surface area contributed by atoms with Gasteiger partial charge in [-0.1, -0.05) is 55.6 Å². The lowest BCUT2D eigenvalue weighted by atomic mass is 10.1. The topological polar surface area (TPSA) is 0 Å². The van der Waals surface area contributed by atoms with E-state index < -0.39 is 0 Å². The minimum atomic E-state index is 0.804. The molecular weight excluding hydrogens is 339 g/mol. The first kappa shape index (κ1) is 11.4. The zero-order valence-corrected chi connectivity index (χ0v) is 11.9. The maximum absolute atomic E-state index is 6.13. The van der Waals surface area contributed by atoms with Crippen molar-refractivity contribution in [2.75, 3.05) is 5.33 Å². The minimum absolute atomic E-state index is 0.804. The standard InChI is InChI=1S/C12H9Br2Cl/c13-6-5-8-1-2-9-10(7-8)11(14)3-4-12(9)15/h1-4,7H,5-6H2. The summed E-state index contributed by atoms with van der Waals surface area (Å²) in [6.45, 7) is 0. The van der Waals surface area contributed by atoms with Gasteiger partial charge in [-0.2, -0.15) is 0 Å². The van der Waals surface area contributed by atoms with Crippen LogP contribution >= 0.6 is 43.5 Å². The summed E-state index contributed by atoms with van der Waals surface area (Å²) in [7, 11) is 0. The first-order valence-corrected chi connectivity index (χ1v) is 6.94. The van der Waals surface area contributed by atoms with Crippen LogP contribution in [-0.2, 0) is 6.42 Å². The SMILES string of the molecule is Clc1ccc(Br)c2cc(CCBr)ccc12. The number of rotatable bonds is 2. The second kappa shape index (κ2) is 4.86. The molecule has 15 heavy (non-hydrogen) atoms. The van der Waals surface area contributed by atoms with E-state index in [4.69, 9.17) is 11.6 Å². The molecule has 0 aliphatic carbocycles. The molecular formula is C12H9Br2Cl.